The van der Waals surface area contributed by atoms with Gasteiger partial charge in [-0.3, -0.25) is 14.4 Å². The third-order valence-corrected chi connectivity index (χ3v) is 8.72. The number of esters is 1. The molecule has 0 heterocycles. The molecular weight excluding hydrogens is 376 g/mol. The van der Waals surface area contributed by atoms with Gasteiger partial charge in [-0.1, -0.05) is 46.5 Å². The summed E-state index contributed by atoms with van der Waals surface area (Å²) in [6, 6.07) is 0. The molecule has 3 rings (SSSR count). The van der Waals surface area contributed by atoms with Crippen LogP contribution in [0.2, 0.25) is 0 Å². The van der Waals surface area contributed by atoms with Gasteiger partial charge in [0, 0.05) is 22.7 Å². The van der Waals surface area contributed by atoms with Crippen LogP contribution in [-0.2, 0) is 19.1 Å². The monoisotopic (exact) mass is 418 g/mol. The van der Waals surface area contributed by atoms with Gasteiger partial charge in [0.15, 0.2) is 0 Å². The Labute approximate surface area is 182 Å². The van der Waals surface area contributed by atoms with Crippen LogP contribution in [0.3, 0.4) is 0 Å². The summed E-state index contributed by atoms with van der Waals surface area (Å²) in [5.74, 6) is 0.0925. The number of carbonyl (C=O) groups is 3. The van der Waals surface area contributed by atoms with E-state index in [-0.39, 0.29) is 34.7 Å². The number of ketones is 2. The Morgan fingerprint density at radius 1 is 0.800 bits per heavy atom. The van der Waals surface area contributed by atoms with Gasteiger partial charge in [0.2, 0.25) is 0 Å². The Bertz CT molecular complexity index is 623. The third-order valence-electron chi connectivity index (χ3n) is 8.72. The van der Waals surface area contributed by atoms with Crippen LogP contribution in [-0.4, -0.2) is 23.6 Å². The fourth-order valence-electron chi connectivity index (χ4n) is 6.04. The predicted octanol–water partition coefficient (Wildman–Crippen LogP) is 6.05. The van der Waals surface area contributed by atoms with Crippen molar-refractivity contribution in [2.24, 2.45) is 28.1 Å². The van der Waals surface area contributed by atoms with E-state index in [0.29, 0.717) is 37.2 Å². The molecule has 170 valence electrons. The first-order valence-electron chi connectivity index (χ1n) is 12.3. The Kier molecular flexibility index (Phi) is 6.84. The highest BCUT2D eigenvalue weighted by Gasteiger charge is 2.48. The molecule has 3 aliphatic carbocycles. The quantitative estimate of drug-likeness (QED) is 0.472. The molecule has 0 spiro atoms. The fraction of sp³-hybridized carbons (Fsp3) is 0.885. The molecule has 3 fully saturated rings. The molecule has 0 aromatic carbocycles. The third kappa shape index (κ3) is 4.67. The van der Waals surface area contributed by atoms with E-state index < -0.39 is 5.41 Å². The zero-order valence-corrected chi connectivity index (χ0v) is 19.9. The van der Waals surface area contributed by atoms with Crippen molar-refractivity contribution in [2.45, 2.75) is 118 Å². The van der Waals surface area contributed by atoms with Crippen molar-refractivity contribution in [2.75, 3.05) is 0 Å². The second-order valence-electron chi connectivity index (χ2n) is 11.6. The van der Waals surface area contributed by atoms with Crippen LogP contribution in [0.1, 0.15) is 112 Å². The molecule has 0 saturated heterocycles. The van der Waals surface area contributed by atoms with Crippen molar-refractivity contribution in [1.82, 2.24) is 0 Å². The lowest BCUT2D eigenvalue weighted by atomic mass is 9.66. The summed E-state index contributed by atoms with van der Waals surface area (Å²) in [7, 11) is 0. The van der Waals surface area contributed by atoms with Crippen LogP contribution >= 0.6 is 0 Å². The zero-order chi connectivity index (χ0) is 22.2. The van der Waals surface area contributed by atoms with Crippen molar-refractivity contribution in [3.05, 3.63) is 0 Å². The number of Topliss-reactive ketones (excluding diaryl/α,β-unsaturated/α-hetero) is 2. The van der Waals surface area contributed by atoms with Crippen molar-refractivity contribution < 1.29 is 19.1 Å². The van der Waals surface area contributed by atoms with E-state index in [1.807, 2.05) is 20.8 Å². The van der Waals surface area contributed by atoms with Crippen molar-refractivity contribution in [1.29, 1.82) is 0 Å². The lowest BCUT2D eigenvalue weighted by Crippen LogP contribution is -2.44. The van der Waals surface area contributed by atoms with Crippen LogP contribution in [0, 0.1) is 28.1 Å². The first kappa shape index (κ1) is 23.5. The molecule has 0 aliphatic heterocycles. The van der Waals surface area contributed by atoms with E-state index in [1.54, 1.807) is 0 Å². The van der Waals surface area contributed by atoms with Gasteiger partial charge >= 0.3 is 5.97 Å². The Morgan fingerprint density at radius 2 is 1.20 bits per heavy atom. The first-order valence-corrected chi connectivity index (χ1v) is 12.3. The average Bonchev–Trinajstić information content (AvgIpc) is 3.36. The molecule has 4 heteroatoms. The minimum absolute atomic E-state index is 0.164. The maximum Gasteiger partial charge on any atom is 0.311 e. The topological polar surface area (TPSA) is 60.4 Å². The van der Waals surface area contributed by atoms with Crippen molar-refractivity contribution in [3.8, 4) is 0 Å². The second-order valence-corrected chi connectivity index (χ2v) is 11.6. The number of ether oxygens (including phenoxy) is 1. The van der Waals surface area contributed by atoms with Crippen LogP contribution < -0.4 is 0 Å². The molecular formula is C26H42O4. The molecule has 30 heavy (non-hydrogen) atoms. The van der Waals surface area contributed by atoms with E-state index in [9.17, 15) is 14.4 Å². The van der Waals surface area contributed by atoms with Gasteiger partial charge in [0.25, 0.3) is 0 Å². The van der Waals surface area contributed by atoms with E-state index in [4.69, 9.17) is 4.74 Å². The highest BCUT2D eigenvalue weighted by molar-refractivity contribution is 5.90. The zero-order valence-electron chi connectivity index (χ0n) is 19.9. The van der Waals surface area contributed by atoms with Gasteiger partial charge in [-0.2, -0.15) is 0 Å². The van der Waals surface area contributed by atoms with Crippen LogP contribution in [0.25, 0.3) is 0 Å². The lowest BCUT2D eigenvalue weighted by molar-refractivity contribution is -0.166. The summed E-state index contributed by atoms with van der Waals surface area (Å²) in [5.41, 5.74) is -1.06. The van der Waals surface area contributed by atoms with Gasteiger partial charge in [-0.05, 0) is 65.2 Å². The summed E-state index contributed by atoms with van der Waals surface area (Å²) in [4.78, 5) is 39.8. The summed E-state index contributed by atoms with van der Waals surface area (Å²) < 4.78 is 5.96. The summed E-state index contributed by atoms with van der Waals surface area (Å²) in [6.07, 6.45) is 10.4. The van der Waals surface area contributed by atoms with Gasteiger partial charge in [0.1, 0.15) is 17.7 Å². The predicted molar refractivity (Wildman–Crippen MR) is 118 cm³/mol. The van der Waals surface area contributed by atoms with E-state index >= 15 is 0 Å². The lowest BCUT2D eigenvalue weighted by Gasteiger charge is -2.39. The van der Waals surface area contributed by atoms with Gasteiger partial charge in [0.05, 0.1) is 5.41 Å². The maximum atomic E-state index is 13.5. The van der Waals surface area contributed by atoms with E-state index in [2.05, 4.69) is 13.8 Å². The first-order chi connectivity index (χ1) is 14.0. The molecule has 0 aromatic heterocycles. The molecule has 3 aliphatic rings. The van der Waals surface area contributed by atoms with Crippen molar-refractivity contribution >= 4 is 17.5 Å². The maximum absolute atomic E-state index is 13.5. The van der Waals surface area contributed by atoms with E-state index in [0.717, 1.165) is 51.4 Å². The van der Waals surface area contributed by atoms with Crippen molar-refractivity contribution in [3.63, 3.8) is 0 Å². The molecule has 0 aromatic rings. The number of hydrogen-bond donors (Lipinski definition) is 0. The second kappa shape index (κ2) is 8.74. The standard InChI is InChI=1S/C26H42O4/c1-6-24(2,3)23(29)30-20-16-18(21(27)25(4)11-7-8-12-25)15-19(17-20)22(28)26(5)13-9-10-14-26/h18-20H,6-17H2,1-5H3. The normalized spacial score (nSPS) is 30.8. The molecule has 2 unspecified atom stereocenters. The van der Waals surface area contributed by atoms with Crippen LogP contribution in [0.4, 0.5) is 0 Å². The van der Waals surface area contributed by atoms with Gasteiger partial charge in [-0.25, -0.2) is 0 Å². The number of hydrogen-bond acceptors (Lipinski definition) is 4. The van der Waals surface area contributed by atoms with Crippen LogP contribution in [0.5, 0.6) is 0 Å². The highest BCUT2D eigenvalue weighted by Crippen LogP contribution is 2.47. The number of carbonyl (C=O) groups excluding carboxylic acids is 3. The SMILES string of the molecule is CCC(C)(C)C(=O)OC1CC(C(=O)C2(C)CCCC2)CC(C(=O)C2(C)CCCC2)C1. The molecule has 2 atom stereocenters. The number of rotatable bonds is 7. The van der Waals surface area contributed by atoms with Gasteiger partial charge < -0.3 is 4.74 Å². The largest absolute Gasteiger partial charge is 0.462 e. The van der Waals surface area contributed by atoms with E-state index in [1.165, 1.54) is 0 Å². The summed E-state index contributed by atoms with van der Waals surface area (Å²) in [5, 5.41) is 0. The molecule has 0 radical (unpaired) electrons. The molecule has 0 N–H and O–H groups in total. The summed E-state index contributed by atoms with van der Waals surface area (Å²) in [6.45, 7) is 10.0. The minimum Gasteiger partial charge on any atom is -0.462 e. The molecule has 4 nitrogen and oxygen atoms in total. The van der Waals surface area contributed by atoms with Crippen LogP contribution in [0.15, 0.2) is 0 Å². The minimum atomic E-state index is -0.536. The molecule has 3 saturated carbocycles. The molecule has 0 bridgehead atoms. The average molecular weight is 419 g/mol. The Hall–Kier alpha value is -1.19. The fourth-order valence-corrected chi connectivity index (χ4v) is 6.04. The Morgan fingerprint density at radius 3 is 1.57 bits per heavy atom. The molecule has 0 amide bonds. The highest BCUT2D eigenvalue weighted by atomic mass is 16.5. The summed E-state index contributed by atoms with van der Waals surface area (Å²) >= 11 is 0. The Balaban J connectivity index is 1.80. The van der Waals surface area contributed by atoms with Gasteiger partial charge in [-0.15, -0.1) is 0 Å². The smallest absolute Gasteiger partial charge is 0.311 e.